The molecule has 0 spiro atoms. The summed E-state index contributed by atoms with van der Waals surface area (Å²) < 4.78 is 5.01. The quantitative estimate of drug-likeness (QED) is 0.524. The summed E-state index contributed by atoms with van der Waals surface area (Å²) in [5, 5.41) is 10.1. The zero-order valence-electron chi connectivity index (χ0n) is 6.70. The minimum absolute atomic E-state index is 0.122. The molecule has 1 aromatic carbocycles. The summed E-state index contributed by atoms with van der Waals surface area (Å²) in [6.07, 6.45) is 0.733. The summed E-state index contributed by atoms with van der Waals surface area (Å²) in [7, 11) is 0. The maximum atomic E-state index is 11.1. The third kappa shape index (κ3) is 0.811. The van der Waals surface area contributed by atoms with Crippen molar-refractivity contribution in [2.24, 2.45) is 0 Å². The summed E-state index contributed by atoms with van der Waals surface area (Å²) in [4.78, 5) is 11.1. The number of hydrogen-bond donors (Lipinski definition) is 1. The molecule has 0 amide bonds. The molecule has 0 fully saturated rings. The number of benzene rings is 1. The van der Waals surface area contributed by atoms with Crippen molar-refractivity contribution < 1.29 is 9.52 Å². The molecule has 1 heterocycles. The Labute approximate surface area is 73.2 Å². The van der Waals surface area contributed by atoms with Gasteiger partial charge in [-0.25, -0.2) is 4.79 Å². The first-order valence-electron chi connectivity index (χ1n) is 4.03. The number of phenolic OH excluding ortho intramolecular Hbond substituents is 1. The van der Waals surface area contributed by atoms with Gasteiger partial charge in [-0.15, -0.1) is 0 Å². The van der Waals surface area contributed by atoms with Gasteiger partial charge in [-0.1, -0.05) is 0 Å². The van der Waals surface area contributed by atoms with Gasteiger partial charge in [0, 0.05) is 23.4 Å². The fourth-order valence-electron chi connectivity index (χ4n) is 1.59. The van der Waals surface area contributed by atoms with Crippen LogP contribution >= 0.6 is 0 Å². The van der Waals surface area contributed by atoms with Gasteiger partial charge in [0.25, 0.3) is 0 Å². The molecule has 3 rings (SSSR count). The summed E-state index contributed by atoms with van der Waals surface area (Å²) in [5.41, 5.74) is 2.04. The fourth-order valence-corrected chi connectivity index (χ4v) is 1.59. The van der Waals surface area contributed by atoms with Crippen LogP contribution < -0.4 is 5.63 Å². The Morgan fingerprint density at radius 2 is 2.15 bits per heavy atom. The minimum Gasteiger partial charge on any atom is -0.508 e. The summed E-state index contributed by atoms with van der Waals surface area (Å²) in [6, 6.07) is 4.84. The van der Waals surface area contributed by atoms with Crippen molar-refractivity contribution >= 4 is 11.0 Å². The van der Waals surface area contributed by atoms with Crippen LogP contribution in [0.25, 0.3) is 11.0 Å². The Hall–Kier alpha value is -1.77. The number of hydrogen-bond acceptors (Lipinski definition) is 3. The van der Waals surface area contributed by atoms with Gasteiger partial charge in [0.1, 0.15) is 11.3 Å². The van der Waals surface area contributed by atoms with Crippen molar-refractivity contribution in [2.75, 3.05) is 0 Å². The molecule has 0 saturated carbocycles. The zero-order chi connectivity index (χ0) is 9.00. The summed E-state index contributed by atoms with van der Waals surface area (Å²) in [5.74, 6) is 0.122. The lowest BCUT2D eigenvalue weighted by Gasteiger charge is -1.94. The van der Waals surface area contributed by atoms with Crippen LogP contribution in [0.5, 0.6) is 5.75 Å². The van der Waals surface area contributed by atoms with Gasteiger partial charge in [-0.3, -0.25) is 0 Å². The Morgan fingerprint density at radius 1 is 1.31 bits per heavy atom. The molecule has 1 aliphatic rings. The molecule has 1 aliphatic carbocycles. The highest BCUT2D eigenvalue weighted by Gasteiger charge is 2.25. The van der Waals surface area contributed by atoms with E-state index >= 15 is 0 Å². The second-order valence-corrected chi connectivity index (χ2v) is 3.20. The van der Waals surface area contributed by atoms with Gasteiger partial charge in [-0.2, -0.15) is 0 Å². The van der Waals surface area contributed by atoms with Gasteiger partial charge < -0.3 is 9.52 Å². The molecule has 0 bridgehead atoms. The average Bonchev–Trinajstić information content (AvgIpc) is 2.83. The topological polar surface area (TPSA) is 50.4 Å². The van der Waals surface area contributed by atoms with Crippen molar-refractivity contribution in [3.05, 3.63) is 39.7 Å². The third-order valence-electron chi connectivity index (χ3n) is 2.33. The zero-order valence-corrected chi connectivity index (χ0v) is 6.70. The van der Waals surface area contributed by atoms with Crippen molar-refractivity contribution in [2.45, 2.75) is 6.42 Å². The second kappa shape index (κ2) is 1.93. The first-order valence-corrected chi connectivity index (χ1v) is 4.03. The van der Waals surface area contributed by atoms with E-state index < -0.39 is 0 Å². The number of phenols is 1. The van der Waals surface area contributed by atoms with Crippen LogP contribution in [-0.2, 0) is 6.42 Å². The smallest absolute Gasteiger partial charge is 0.340 e. The highest BCUT2D eigenvalue weighted by atomic mass is 16.4. The SMILES string of the molecule is O=c1oc2cc(O)ccc2c2c1C2. The molecular weight excluding hydrogens is 168 g/mol. The summed E-state index contributed by atoms with van der Waals surface area (Å²) >= 11 is 0. The highest BCUT2D eigenvalue weighted by Crippen LogP contribution is 2.33. The van der Waals surface area contributed by atoms with Crippen LogP contribution in [0.2, 0.25) is 0 Å². The number of aromatic hydroxyl groups is 1. The predicted octanol–water partition coefficient (Wildman–Crippen LogP) is 1.40. The number of fused-ring (bicyclic) bond motifs is 3. The molecule has 1 aromatic heterocycles. The molecule has 0 aliphatic heterocycles. The van der Waals surface area contributed by atoms with Crippen molar-refractivity contribution in [1.82, 2.24) is 0 Å². The lowest BCUT2D eigenvalue weighted by Crippen LogP contribution is -1.95. The van der Waals surface area contributed by atoms with E-state index in [1.54, 1.807) is 12.1 Å². The molecule has 0 atom stereocenters. The normalized spacial score (nSPS) is 12.9. The van der Waals surface area contributed by atoms with E-state index in [0.29, 0.717) is 5.58 Å². The Balaban J connectivity index is 2.54. The van der Waals surface area contributed by atoms with E-state index in [2.05, 4.69) is 0 Å². The van der Waals surface area contributed by atoms with Crippen molar-refractivity contribution in [3.63, 3.8) is 0 Å². The maximum Gasteiger partial charge on any atom is 0.340 e. The van der Waals surface area contributed by atoms with E-state index in [1.807, 2.05) is 0 Å². The first-order chi connectivity index (χ1) is 6.25. The molecule has 0 radical (unpaired) electrons. The largest absolute Gasteiger partial charge is 0.508 e. The molecule has 64 valence electrons. The minimum atomic E-state index is -0.270. The van der Waals surface area contributed by atoms with E-state index in [-0.39, 0.29) is 11.4 Å². The van der Waals surface area contributed by atoms with Crippen molar-refractivity contribution in [3.8, 4) is 5.75 Å². The Kier molecular flexibility index (Phi) is 0.999. The molecule has 3 nitrogen and oxygen atoms in total. The van der Waals surface area contributed by atoms with E-state index in [0.717, 1.165) is 22.9 Å². The Morgan fingerprint density at radius 3 is 3.00 bits per heavy atom. The van der Waals surface area contributed by atoms with Crippen LogP contribution in [-0.4, -0.2) is 5.11 Å². The third-order valence-corrected chi connectivity index (χ3v) is 2.33. The monoisotopic (exact) mass is 174 g/mol. The Bertz CT molecular complexity index is 566. The van der Waals surface area contributed by atoms with Crippen LogP contribution in [0, 0.1) is 0 Å². The number of rotatable bonds is 0. The van der Waals surface area contributed by atoms with Gasteiger partial charge in [0.15, 0.2) is 0 Å². The lowest BCUT2D eigenvalue weighted by molar-refractivity contribution is 0.473. The van der Waals surface area contributed by atoms with Crippen LogP contribution in [0.1, 0.15) is 11.1 Å². The molecule has 0 saturated heterocycles. The van der Waals surface area contributed by atoms with Gasteiger partial charge in [-0.05, 0) is 17.7 Å². The van der Waals surface area contributed by atoms with E-state index in [1.165, 1.54) is 6.07 Å². The van der Waals surface area contributed by atoms with Crippen molar-refractivity contribution in [1.29, 1.82) is 0 Å². The van der Waals surface area contributed by atoms with E-state index in [9.17, 15) is 4.79 Å². The van der Waals surface area contributed by atoms with Crippen LogP contribution in [0.3, 0.4) is 0 Å². The fraction of sp³-hybridized carbons (Fsp3) is 0.100. The van der Waals surface area contributed by atoms with Gasteiger partial charge >= 0.3 is 5.63 Å². The molecule has 1 N–H and O–H groups in total. The van der Waals surface area contributed by atoms with Crippen LogP contribution in [0.4, 0.5) is 0 Å². The highest BCUT2D eigenvalue weighted by molar-refractivity contribution is 5.86. The molecule has 2 aromatic rings. The standard InChI is InChI=1S/C10H6O3/c11-5-1-2-6-7-4-8(7)10(12)13-9(6)3-5/h1-3,11H,4H2. The molecule has 3 heteroatoms. The maximum absolute atomic E-state index is 11.1. The first kappa shape index (κ1) is 6.71. The van der Waals surface area contributed by atoms with Gasteiger partial charge in [0.2, 0.25) is 0 Å². The predicted molar refractivity (Wildman–Crippen MR) is 47.0 cm³/mol. The average molecular weight is 174 g/mol. The summed E-state index contributed by atoms with van der Waals surface area (Å²) in [6.45, 7) is 0. The van der Waals surface area contributed by atoms with Gasteiger partial charge in [0.05, 0.1) is 0 Å². The van der Waals surface area contributed by atoms with Crippen LogP contribution in [0.15, 0.2) is 27.4 Å². The second-order valence-electron chi connectivity index (χ2n) is 3.20. The van der Waals surface area contributed by atoms with E-state index in [4.69, 9.17) is 9.52 Å². The molecule has 13 heavy (non-hydrogen) atoms. The molecular formula is C10H6O3. The lowest BCUT2D eigenvalue weighted by atomic mass is 10.2. The molecule has 0 unspecified atom stereocenters.